The van der Waals surface area contributed by atoms with E-state index < -0.39 is 195 Å². The number of carbonyl (C=O) groups excluding carboxylic acids is 1. The molecule has 102 heavy (non-hydrogen) atoms. The van der Waals surface area contributed by atoms with Crippen LogP contribution >= 0.6 is 0 Å². The average Bonchev–Trinajstić information content (AvgIpc) is 0.673. The Balaban J connectivity index is 0.000000443. The van der Waals surface area contributed by atoms with Crippen LogP contribution in [0.1, 0.15) is 145 Å². The number of hydrogen-bond acceptors (Lipinski definition) is 29. The van der Waals surface area contributed by atoms with Crippen molar-refractivity contribution in [1.29, 1.82) is 0 Å². The Hall–Kier alpha value is -3.68. The maximum absolute atomic E-state index is 15.4. The highest BCUT2D eigenvalue weighted by Crippen LogP contribution is 2.76. The molecule has 9 fully saturated rings. The summed E-state index contributed by atoms with van der Waals surface area (Å²) in [4.78, 5) is 27.4. The number of ether oxygens (including phenoxy) is 11. The molecule has 5 aliphatic carbocycles. The predicted molar refractivity (Wildman–Crippen MR) is 354 cm³/mol. The Morgan fingerprint density at radius 2 is 1.19 bits per heavy atom. The minimum atomic E-state index is -1.93. The van der Waals surface area contributed by atoms with Gasteiger partial charge in [-0.3, -0.25) is 9.59 Å². The first kappa shape index (κ1) is 77.9. The minimum absolute atomic E-state index is 0.00958. The van der Waals surface area contributed by atoms with Gasteiger partial charge in [0.05, 0.1) is 50.8 Å². The largest absolute Gasteiger partial charge is 0.507 e. The lowest BCUT2D eigenvalue weighted by Gasteiger charge is -2.71. The van der Waals surface area contributed by atoms with E-state index in [-0.39, 0.29) is 64.1 Å². The van der Waals surface area contributed by atoms with Crippen LogP contribution < -0.4 is 10.2 Å². The molecule has 0 amide bonds. The summed E-state index contributed by atoms with van der Waals surface area (Å²) in [5.74, 6) is 0.593. The number of aliphatic hydroxyl groups is 14. The topological polar surface area (TPSA) is 452 Å². The third-order valence-electron chi connectivity index (χ3n) is 26.3. The number of aromatic hydroxyl groups is 1. The van der Waals surface area contributed by atoms with Crippen LogP contribution in [0.5, 0.6) is 11.5 Å². The van der Waals surface area contributed by atoms with Gasteiger partial charge in [0.25, 0.3) is 0 Å². The molecular weight excluding hydrogens is 1340 g/mol. The van der Waals surface area contributed by atoms with Crippen LogP contribution in [-0.2, 0) is 58.6 Å². The Labute approximate surface area is 592 Å². The van der Waals surface area contributed by atoms with E-state index in [2.05, 4.69) is 61.5 Å². The summed E-state index contributed by atoms with van der Waals surface area (Å²) >= 11 is 0. The van der Waals surface area contributed by atoms with Gasteiger partial charge < -0.3 is 133 Å². The van der Waals surface area contributed by atoms with Crippen molar-refractivity contribution in [2.75, 3.05) is 26.4 Å². The normalized spacial score (nSPS) is 48.4. The fraction of sp³-hybridized carbons (Fsp3) is 0.836. The highest BCUT2D eigenvalue weighted by molar-refractivity contribution is 5.87. The van der Waals surface area contributed by atoms with E-state index in [4.69, 9.17) is 56.5 Å². The van der Waals surface area contributed by atoms with E-state index in [1.54, 1.807) is 19.9 Å². The second-order valence-electron chi connectivity index (χ2n) is 33.5. The summed E-state index contributed by atoms with van der Waals surface area (Å²) in [5, 5.41) is 163. The molecule has 576 valence electrons. The van der Waals surface area contributed by atoms with Crippen LogP contribution in [0.2, 0.25) is 0 Å². The molecule has 0 radical (unpaired) electrons. The summed E-state index contributed by atoms with van der Waals surface area (Å²) in [5.41, 5.74) is -1.39. The standard InChI is InChI=1S/C58H94O25.C15H16O4/c1-23-44(80-47-40(69)34(63)27(60)21-74-47)38(67)42(71)48(76-23)79-33-13-14-55(7)30(54(33,5)6)12-15-56(8)31(55)11-10-25-26-18-53(3,4)16-17-58(26,32(62)19-57(25,56)9)52(73)83-51-46(35(64)28(61)22-75-51)82-49-43(72)39(68)45(24(2)77-49)81-50-41(70)37(66)36(65)29(20-59)78-50;1-8-3-4-10-12(18-7-8)6-13-14(15(10)17)11(16)5-9(2)19-13/h10,23-24,26-51,59-72H,11-22H2,1-9H3;5-6,8,17H,3-4,7H2,1-2H3. The Morgan fingerprint density at radius 3 is 1.84 bits per heavy atom. The lowest BCUT2D eigenvalue weighted by Crippen LogP contribution is -2.68. The molecule has 4 saturated carbocycles. The number of esters is 1. The summed E-state index contributed by atoms with van der Waals surface area (Å²) < 4.78 is 70.8. The van der Waals surface area contributed by atoms with Crippen LogP contribution in [0.3, 0.4) is 0 Å². The van der Waals surface area contributed by atoms with E-state index in [1.165, 1.54) is 13.0 Å². The molecule has 0 spiro atoms. The molecule has 15 N–H and O–H groups in total. The zero-order chi connectivity index (χ0) is 74.2. The molecule has 6 aliphatic heterocycles. The van der Waals surface area contributed by atoms with E-state index in [9.17, 15) is 81.4 Å². The SMILES string of the molecule is CC1OC(OC2CCC3(C)C(CCC4(C)C3CC=C3C5CC(C)(C)CCC5(C(=O)OC5OCC(O)C(O)C5OC5OC(C)C(OC6OC(CO)C(O)C(O)C6O)C(O)C5O)C(O)CC34C)C2(C)C)C(O)C(O)C1OC1OCC(O)C(O)C1O.Cc1cc(=O)c2c(O)c3c(cc2o1)OCC(C)CC3. The Bertz CT molecular complexity index is 3400. The smallest absolute Gasteiger partial charge is 0.317 e. The third-order valence-corrected chi connectivity index (χ3v) is 26.3. The molecule has 33 unspecified atom stereocenters. The van der Waals surface area contributed by atoms with Gasteiger partial charge in [-0.1, -0.05) is 67.0 Å². The van der Waals surface area contributed by atoms with E-state index in [0.717, 1.165) is 31.3 Å². The number of carbonyl (C=O) groups is 1. The number of phenols is 1. The molecule has 1 aromatic carbocycles. The summed E-state index contributed by atoms with van der Waals surface area (Å²) in [6.07, 6.45) is -27.6. The molecule has 0 bridgehead atoms. The summed E-state index contributed by atoms with van der Waals surface area (Å²) in [6.45, 7) is 21.6. The second kappa shape index (κ2) is 29.0. The molecule has 29 nitrogen and oxygen atoms in total. The van der Waals surface area contributed by atoms with Crippen LogP contribution in [0, 0.1) is 63.1 Å². The number of rotatable bonds is 11. The van der Waals surface area contributed by atoms with Gasteiger partial charge in [-0.2, -0.15) is 0 Å². The number of phenolic OH excluding ortho intramolecular Hbond substituents is 1. The average molecular weight is 1450 g/mol. The van der Waals surface area contributed by atoms with Crippen LogP contribution in [-0.4, -0.2) is 263 Å². The van der Waals surface area contributed by atoms with Gasteiger partial charge in [0, 0.05) is 17.7 Å². The maximum atomic E-state index is 15.4. The van der Waals surface area contributed by atoms with E-state index in [0.29, 0.717) is 67.3 Å². The number of aryl methyl sites for hydroxylation is 1. The Morgan fingerprint density at radius 1 is 0.598 bits per heavy atom. The zero-order valence-corrected chi connectivity index (χ0v) is 60.0. The van der Waals surface area contributed by atoms with Crippen molar-refractivity contribution in [2.45, 2.75) is 300 Å². The molecule has 29 heteroatoms. The highest BCUT2D eigenvalue weighted by atomic mass is 16.8. The number of fused-ring (bicyclic) bond motifs is 9. The minimum Gasteiger partial charge on any atom is -0.507 e. The zero-order valence-electron chi connectivity index (χ0n) is 60.0. The monoisotopic (exact) mass is 1450 g/mol. The second-order valence-corrected chi connectivity index (χ2v) is 33.5. The van der Waals surface area contributed by atoms with Crippen molar-refractivity contribution in [1.82, 2.24) is 0 Å². The molecule has 33 atom stereocenters. The van der Waals surface area contributed by atoms with Crippen LogP contribution in [0.15, 0.2) is 33.0 Å². The molecule has 11 aliphatic rings. The van der Waals surface area contributed by atoms with E-state index >= 15 is 4.79 Å². The van der Waals surface area contributed by atoms with Crippen molar-refractivity contribution in [3.8, 4) is 11.5 Å². The fourth-order valence-corrected chi connectivity index (χ4v) is 20.0. The highest BCUT2D eigenvalue weighted by Gasteiger charge is 2.72. The number of hydrogen-bond donors (Lipinski definition) is 15. The first-order valence-electron chi connectivity index (χ1n) is 36.4. The molecule has 7 heterocycles. The van der Waals surface area contributed by atoms with Crippen molar-refractivity contribution in [3.63, 3.8) is 0 Å². The van der Waals surface area contributed by atoms with Gasteiger partial charge in [0.1, 0.15) is 125 Å². The van der Waals surface area contributed by atoms with E-state index in [1.807, 2.05) is 0 Å². The van der Waals surface area contributed by atoms with Gasteiger partial charge >= 0.3 is 5.97 Å². The van der Waals surface area contributed by atoms with Gasteiger partial charge in [-0.05, 0) is 142 Å². The van der Waals surface area contributed by atoms with Gasteiger partial charge in [0.15, 0.2) is 36.7 Å². The maximum Gasteiger partial charge on any atom is 0.317 e. The quantitative estimate of drug-likeness (QED) is 0.0843. The van der Waals surface area contributed by atoms with Crippen molar-refractivity contribution < 1.29 is 138 Å². The first-order chi connectivity index (χ1) is 47.8. The summed E-state index contributed by atoms with van der Waals surface area (Å²) in [6, 6.07) is 3.12. The summed E-state index contributed by atoms with van der Waals surface area (Å²) in [7, 11) is 0. The van der Waals surface area contributed by atoms with Crippen molar-refractivity contribution >= 4 is 16.9 Å². The molecule has 13 rings (SSSR count). The molecule has 2 aromatic rings. The molecule has 1 aromatic heterocycles. The Kier molecular flexibility index (Phi) is 22.2. The number of aliphatic hydroxyl groups excluding tert-OH is 14. The molecular formula is C73H110O29. The van der Waals surface area contributed by atoms with Gasteiger partial charge in [0.2, 0.25) is 6.29 Å². The van der Waals surface area contributed by atoms with Crippen LogP contribution in [0.4, 0.5) is 0 Å². The lowest BCUT2D eigenvalue weighted by atomic mass is 9.33. The number of benzene rings is 1. The predicted octanol–water partition coefficient (Wildman–Crippen LogP) is 0.861. The van der Waals surface area contributed by atoms with Gasteiger partial charge in [-0.25, -0.2) is 0 Å². The fourth-order valence-electron chi connectivity index (χ4n) is 20.0. The first-order valence-corrected chi connectivity index (χ1v) is 36.4. The van der Waals surface area contributed by atoms with Crippen molar-refractivity contribution in [3.05, 3.63) is 45.3 Å². The lowest BCUT2D eigenvalue weighted by molar-refractivity contribution is -0.374. The van der Waals surface area contributed by atoms with Gasteiger partial charge in [-0.15, -0.1) is 0 Å². The van der Waals surface area contributed by atoms with Crippen LogP contribution in [0.25, 0.3) is 11.0 Å². The number of allylic oxidation sites excluding steroid dienone is 2. The van der Waals surface area contributed by atoms with Crippen molar-refractivity contribution in [2.24, 2.45) is 56.2 Å². The third kappa shape index (κ3) is 13.4. The molecule has 5 saturated heterocycles.